The summed E-state index contributed by atoms with van der Waals surface area (Å²) >= 11 is 0. The predicted molar refractivity (Wildman–Crippen MR) is 109 cm³/mol. The molecule has 2 heterocycles. The van der Waals surface area contributed by atoms with Crippen molar-refractivity contribution in [2.45, 2.75) is 26.2 Å². The van der Waals surface area contributed by atoms with Gasteiger partial charge in [-0.05, 0) is 35.2 Å². The summed E-state index contributed by atoms with van der Waals surface area (Å²) in [6.07, 6.45) is 1.59. The molecule has 0 spiro atoms. The molecular weight excluding hydrogens is 354 g/mol. The van der Waals surface area contributed by atoms with Crippen LogP contribution in [0.5, 0.6) is 11.5 Å². The molecule has 0 aliphatic carbocycles. The van der Waals surface area contributed by atoms with E-state index < -0.39 is 0 Å². The van der Waals surface area contributed by atoms with E-state index >= 15 is 0 Å². The van der Waals surface area contributed by atoms with E-state index in [9.17, 15) is 0 Å². The molecule has 0 fully saturated rings. The van der Waals surface area contributed by atoms with Gasteiger partial charge in [-0.15, -0.1) is 5.10 Å². The minimum absolute atomic E-state index is 0.121. The quantitative estimate of drug-likeness (QED) is 0.696. The Balaban J connectivity index is 1.47. The average molecular weight is 377 g/mol. The summed E-state index contributed by atoms with van der Waals surface area (Å²) in [5.41, 5.74) is 3.15. The van der Waals surface area contributed by atoms with Crippen molar-refractivity contribution in [3.8, 4) is 11.5 Å². The fourth-order valence-electron chi connectivity index (χ4n) is 2.87. The van der Waals surface area contributed by atoms with E-state index in [2.05, 4.69) is 58.7 Å². The second-order valence-electron chi connectivity index (χ2n) is 7.60. The van der Waals surface area contributed by atoms with Crippen molar-refractivity contribution >= 4 is 23.1 Å². The lowest BCUT2D eigenvalue weighted by Gasteiger charge is -2.19. The first-order valence-electron chi connectivity index (χ1n) is 9.21. The monoisotopic (exact) mass is 377 g/mol. The van der Waals surface area contributed by atoms with Crippen LogP contribution in [-0.4, -0.2) is 28.4 Å². The number of hydrogen-bond donors (Lipinski definition) is 2. The largest absolute Gasteiger partial charge is 0.486 e. The molecule has 144 valence electrons. The van der Waals surface area contributed by atoms with Gasteiger partial charge >= 0.3 is 0 Å². The Kier molecular flexibility index (Phi) is 4.73. The van der Waals surface area contributed by atoms with Gasteiger partial charge in [-0.25, -0.2) is 0 Å². The Morgan fingerprint density at radius 1 is 0.857 bits per heavy atom. The number of rotatable bonds is 4. The minimum atomic E-state index is 0.121. The highest BCUT2D eigenvalue weighted by Crippen LogP contribution is 2.33. The van der Waals surface area contributed by atoms with Gasteiger partial charge in [0.05, 0.1) is 6.20 Å². The molecule has 4 rings (SSSR count). The fourth-order valence-corrected chi connectivity index (χ4v) is 2.87. The first kappa shape index (κ1) is 18.0. The maximum Gasteiger partial charge on any atom is 0.249 e. The first-order valence-corrected chi connectivity index (χ1v) is 9.21. The van der Waals surface area contributed by atoms with Crippen LogP contribution in [0.3, 0.4) is 0 Å². The third kappa shape index (κ3) is 4.14. The lowest BCUT2D eigenvalue weighted by atomic mass is 9.87. The number of benzene rings is 2. The van der Waals surface area contributed by atoms with Gasteiger partial charge in [0.25, 0.3) is 0 Å². The van der Waals surface area contributed by atoms with Gasteiger partial charge in [-0.3, -0.25) is 0 Å². The summed E-state index contributed by atoms with van der Waals surface area (Å²) in [5.74, 6) is 2.45. The van der Waals surface area contributed by atoms with Crippen molar-refractivity contribution < 1.29 is 9.47 Å². The SMILES string of the molecule is CC(C)(C)c1ccc(Nc2cnnc(Nc3ccc4c(c3)OCCO4)n2)cc1. The maximum absolute atomic E-state index is 5.60. The van der Waals surface area contributed by atoms with E-state index in [0.29, 0.717) is 30.7 Å². The van der Waals surface area contributed by atoms with E-state index in [1.165, 1.54) is 5.56 Å². The summed E-state index contributed by atoms with van der Waals surface area (Å²) in [6, 6.07) is 13.9. The van der Waals surface area contributed by atoms with Crippen LogP contribution < -0.4 is 20.1 Å². The molecule has 0 atom stereocenters. The second-order valence-corrected chi connectivity index (χ2v) is 7.60. The number of ether oxygens (including phenoxy) is 2. The molecular formula is C21H23N5O2. The summed E-state index contributed by atoms with van der Waals surface area (Å²) < 4.78 is 11.1. The molecule has 7 nitrogen and oxygen atoms in total. The van der Waals surface area contributed by atoms with Crippen LogP contribution in [-0.2, 0) is 5.41 Å². The van der Waals surface area contributed by atoms with Crippen LogP contribution in [0.2, 0.25) is 0 Å². The van der Waals surface area contributed by atoms with Gasteiger partial charge in [-0.2, -0.15) is 10.1 Å². The fraction of sp³-hybridized carbons (Fsp3) is 0.286. The minimum Gasteiger partial charge on any atom is -0.486 e. The van der Waals surface area contributed by atoms with Crippen molar-refractivity contribution in [2.75, 3.05) is 23.8 Å². The molecule has 2 N–H and O–H groups in total. The van der Waals surface area contributed by atoms with E-state index in [4.69, 9.17) is 9.47 Å². The zero-order chi connectivity index (χ0) is 19.6. The van der Waals surface area contributed by atoms with Crippen LogP contribution >= 0.6 is 0 Å². The molecule has 0 amide bonds. The number of aromatic nitrogens is 3. The molecule has 0 bridgehead atoms. The van der Waals surface area contributed by atoms with E-state index in [1.807, 2.05) is 30.3 Å². The first-order chi connectivity index (χ1) is 13.5. The Labute approximate surface area is 164 Å². The standard InChI is InChI=1S/C21H23N5O2/c1-21(2,3)14-4-6-15(7-5-14)23-19-13-22-26-20(25-19)24-16-8-9-17-18(12-16)28-11-10-27-17/h4-9,12-13H,10-11H2,1-3H3,(H2,23,24,25,26). The molecule has 0 radical (unpaired) electrons. The molecule has 0 saturated carbocycles. The number of fused-ring (bicyclic) bond motifs is 1. The van der Waals surface area contributed by atoms with Gasteiger partial charge in [-0.1, -0.05) is 32.9 Å². The van der Waals surface area contributed by atoms with Gasteiger partial charge < -0.3 is 20.1 Å². The molecule has 1 aliphatic heterocycles. The van der Waals surface area contributed by atoms with Gasteiger partial charge in [0.2, 0.25) is 5.95 Å². The number of anilines is 4. The summed E-state index contributed by atoms with van der Waals surface area (Å²) in [4.78, 5) is 4.48. The van der Waals surface area contributed by atoms with Crippen molar-refractivity contribution in [3.63, 3.8) is 0 Å². The molecule has 7 heteroatoms. The van der Waals surface area contributed by atoms with Crippen molar-refractivity contribution in [1.29, 1.82) is 0 Å². The summed E-state index contributed by atoms with van der Waals surface area (Å²) in [5, 5.41) is 14.5. The van der Waals surface area contributed by atoms with E-state index in [1.54, 1.807) is 6.20 Å². The summed E-state index contributed by atoms with van der Waals surface area (Å²) in [6.45, 7) is 7.69. The normalized spacial score (nSPS) is 13.1. The third-order valence-electron chi connectivity index (χ3n) is 4.38. The third-order valence-corrected chi connectivity index (χ3v) is 4.38. The Hall–Kier alpha value is -3.35. The molecule has 1 aliphatic rings. The molecule has 1 aromatic heterocycles. The lowest BCUT2D eigenvalue weighted by Crippen LogP contribution is -2.15. The maximum atomic E-state index is 5.60. The van der Waals surface area contributed by atoms with Gasteiger partial charge in [0.15, 0.2) is 17.3 Å². The van der Waals surface area contributed by atoms with Crippen molar-refractivity contribution in [2.24, 2.45) is 0 Å². The predicted octanol–water partition coefficient (Wildman–Crippen LogP) is 4.43. The number of nitrogens with zero attached hydrogens (tertiary/aromatic N) is 3. The lowest BCUT2D eigenvalue weighted by molar-refractivity contribution is 0.171. The molecule has 0 saturated heterocycles. The Morgan fingerprint density at radius 3 is 2.32 bits per heavy atom. The van der Waals surface area contributed by atoms with Gasteiger partial charge in [0, 0.05) is 17.4 Å². The molecule has 0 unspecified atom stereocenters. The number of nitrogens with one attached hydrogen (secondary N) is 2. The van der Waals surface area contributed by atoms with Crippen LogP contribution in [0.15, 0.2) is 48.7 Å². The summed E-state index contributed by atoms with van der Waals surface area (Å²) in [7, 11) is 0. The van der Waals surface area contributed by atoms with Crippen LogP contribution in [0, 0.1) is 0 Å². The highest BCUT2D eigenvalue weighted by atomic mass is 16.6. The zero-order valence-electron chi connectivity index (χ0n) is 16.2. The second kappa shape index (κ2) is 7.34. The van der Waals surface area contributed by atoms with Crippen LogP contribution in [0.4, 0.5) is 23.1 Å². The number of hydrogen-bond acceptors (Lipinski definition) is 7. The van der Waals surface area contributed by atoms with Crippen molar-refractivity contribution in [1.82, 2.24) is 15.2 Å². The van der Waals surface area contributed by atoms with Gasteiger partial charge in [0.1, 0.15) is 13.2 Å². The zero-order valence-corrected chi connectivity index (χ0v) is 16.2. The van der Waals surface area contributed by atoms with Crippen LogP contribution in [0.25, 0.3) is 0 Å². The Morgan fingerprint density at radius 2 is 1.57 bits per heavy atom. The topological polar surface area (TPSA) is 81.2 Å². The highest BCUT2D eigenvalue weighted by molar-refractivity contribution is 5.62. The Bertz CT molecular complexity index is 967. The molecule has 3 aromatic rings. The van der Waals surface area contributed by atoms with Crippen molar-refractivity contribution in [3.05, 3.63) is 54.2 Å². The van der Waals surface area contributed by atoms with E-state index in [0.717, 1.165) is 17.1 Å². The smallest absolute Gasteiger partial charge is 0.249 e. The molecule has 28 heavy (non-hydrogen) atoms. The molecule has 2 aromatic carbocycles. The van der Waals surface area contributed by atoms with Crippen LogP contribution in [0.1, 0.15) is 26.3 Å². The average Bonchev–Trinajstić information content (AvgIpc) is 2.68. The highest BCUT2D eigenvalue weighted by Gasteiger charge is 2.14. The van der Waals surface area contributed by atoms with E-state index in [-0.39, 0.29) is 5.41 Å².